The van der Waals surface area contributed by atoms with Gasteiger partial charge in [0.15, 0.2) is 0 Å². The lowest BCUT2D eigenvalue weighted by Gasteiger charge is -2.13. The van der Waals surface area contributed by atoms with Crippen molar-refractivity contribution >= 4 is 50.8 Å². The highest BCUT2D eigenvalue weighted by Crippen LogP contribution is 2.38. The Labute approximate surface area is 191 Å². The molecule has 6 aromatic rings. The quantitative estimate of drug-likeness (QED) is 0.223. The van der Waals surface area contributed by atoms with Gasteiger partial charge in [0.1, 0.15) is 12.8 Å². The van der Waals surface area contributed by atoms with Gasteiger partial charge in [-0.1, -0.05) is 42.5 Å². The smallest absolute Gasteiger partial charge is 0.146 e. The fourth-order valence-corrected chi connectivity index (χ4v) is 5.47. The molecular formula is C28H20N3OP. The normalized spacial score (nSPS) is 12.0. The van der Waals surface area contributed by atoms with Crippen molar-refractivity contribution < 1.29 is 4.57 Å². The molecule has 0 fully saturated rings. The lowest BCUT2D eigenvalue weighted by Crippen LogP contribution is -2.03. The van der Waals surface area contributed by atoms with E-state index in [0.717, 1.165) is 54.8 Å². The average molecular weight is 445 g/mol. The fraction of sp³-hybridized carbons (Fsp3) is 0.0714. The van der Waals surface area contributed by atoms with Crippen molar-refractivity contribution in [2.75, 3.05) is 13.3 Å². The number of imidazole rings is 1. The van der Waals surface area contributed by atoms with Gasteiger partial charge in [-0.05, 0) is 72.3 Å². The predicted octanol–water partition coefficient (Wildman–Crippen LogP) is 6.58. The van der Waals surface area contributed by atoms with E-state index in [9.17, 15) is 4.57 Å². The maximum absolute atomic E-state index is 12.8. The van der Waals surface area contributed by atoms with Crippen molar-refractivity contribution in [1.82, 2.24) is 9.38 Å². The summed E-state index contributed by atoms with van der Waals surface area (Å²) in [6.45, 7) is 3.62. The monoisotopic (exact) mass is 445 g/mol. The summed E-state index contributed by atoms with van der Waals surface area (Å²) in [5, 5.41) is 13.2. The molecule has 0 radical (unpaired) electrons. The van der Waals surface area contributed by atoms with Gasteiger partial charge in [-0.2, -0.15) is 5.26 Å². The summed E-state index contributed by atoms with van der Waals surface area (Å²) < 4.78 is 15.0. The van der Waals surface area contributed by atoms with Gasteiger partial charge in [-0.3, -0.25) is 4.40 Å². The minimum atomic E-state index is -2.40. The minimum absolute atomic E-state index is 0.645. The Kier molecular flexibility index (Phi) is 4.21. The predicted molar refractivity (Wildman–Crippen MR) is 137 cm³/mol. The summed E-state index contributed by atoms with van der Waals surface area (Å²) in [5.41, 5.74) is 6.66. The Bertz CT molecular complexity index is 1820. The average Bonchev–Trinajstić information content (AvgIpc) is 3.22. The van der Waals surface area contributed by atoms with Crippen molar-refractivity contribution in [2.45, 2.75) is 0 Å². The van der Waals surface area contributed by atoms with Crippen LogP contribution in [0.2, 0.25) is 0 Å². The molecule has 4 nitrogen and oxygen atoms in total. The van der Waals surface area contributed by atoms with E-state index in [0.29, 0.717) is 5.56 Å². The van der Waals surface area contributed by atoms with Gasteiger partial charge in [0.05, 0.1) is 28.2 Å². The van der Waals surface area contributed by atoms with Crippen LogP contribution in [0.4, 0.5) is 0 Å². The lowest BCUT2D eigenvalue weighted by atomic mass is 10.0. The molecule has 0 aliphatic heterocycles. The molecule has 2 aromatic heterocycles. The Hall–Kier alpha value is -3.93. The maximum atomic E-state index is 12.8. The summed E-state index contributed by atoms with van der Waals surface area (Å²) in [7, 11) is -2.40. The molecule has 0 atom stereocenters. The van der Waals surface area contributed by atoms with E-state index in [1.807, 2.05) is 55.8 Å². The van der Waals surface area contributed by atoms with Crippen LogP contribution in [-0.4, -0.2) is 22.7 Å². The van der Waals surface area contributed by atoms with E-state index < -0.39 is 7.14 Å². The van der Waals surface area contributed by atoms with E-state index in [-0.39, 0.29) is 0 Å². The van der Waals surface area contributed by atoms with Gasteiger partial charge in [0.2, 0.25) is 0 Å². The highest BCUT2D eigenvalue weighted by Gasteiger charge is 2.17. The minimum Gasteiger partial charge on any atom is -0.319 e. The van der Waals surface area contributed by atoms with Crippen LogP contribution in [0.15, 0.2) is 84.9 Å². The molecule has 33 heavy (non-hydrogen) atoms. The van der Waals surface area contributed by atoms with Gasteiger partial charge < -0.3 is 4.57 Å². The molecule has 0 bridgehead atoms. The van der Waals surface area contributed by atoms with E-state index in [2.05, 4.69) is 52.9 Å². The first-order valence-electron chi connectivity index (χ1n) is 10.8. The van der Waals surface area contributed by atoms with Crippen LogP contribution in [-0.2, 0) is 4.57 Å². The molecule has 158 valence electrons. The summed E-state index contributed by atoms with van der Waals surface area (Å²) in [6, 6.07) is 30.5. The third-order valence-corrected chi connectivity index (χ3v) is 7.82. The van der Waals surface area contributed by atoms with Crippen LogP contribution in [0.1, 0.15) is 5.56 Å². The van der Waals surface area contributed by atoms with Crippen LogP contribution < -0.4 is 5.30 Å². The largest absolute Gasteiger partial charge is 0.319 e. The summed E-state index contributed by atoms with van der Waals surface area (Å²) in [6.07, 6.45) is 0. The number of pyridine rings is 1. The van der Waals surface area contributed by atoms with Crippen molar-refractivity contribution in [3.8, 4) is 17.2 Å². The highest BCUT2D eigenvalue weighted by molar-refractivity contribution is 7.70. The number of aromatic nitrogens is 2. The highest BCUT2D eigenvalue weighted by atomic mass is 31.2. The molecule has 0 saturated heterocycles. The van der Waals surface area contributed by atoms with Gasteiger partial charge in [0, 0.05) is 16.1 Å². The Morgan fingerprint density at radius 3 is 2.24 bits per heavy atom. The molecule has 6 rings (SSSR count). The third-order valence-electron chi connectivity index (χ3n) is 6.30. The van der Waals surface area contributed by atoms with Crippen molar-refractivity contribution in [3.05, 3.63) is 90.5 Å². The van der Waals surface area contributed by atoms with E-state index in [1.54, 1.807) is 0 Å². The third kappa shape index (κ3) is 3.05. The Morgan fingerprint density at radius 2 is 1.52 bits per heavy atom. The number of nitrogens with zero attached hydrogens (tertiary/aromatic N) is 3. The molecule has 4 aromatic carbocycles. The number of fused-ring (bicyclic) bond motifs is 8. The Morgan fingerprint density at radius 1 is 0.788 bits per heavy atom. The van der Waals surface area contributed by atoms with E-state index >= 15 is 0 Å². The number of hydrogen-bond acceptors (Lipinski definition) is 3. The molecule has 0 amide bonds. The number of hydrogen-bond donors (Lipinski definition) is 0. The first kappa shape index (κ1) is 19.7. The maximum Gasteiger partial charge on any atom is 0.146 e. The lowest BCUT2D eigenvalue weighted by molar-refractivity contribution is 0.588. The zero-order valence-electron chi connectivity index (χ0n) is 18.3. The van der Waals surface area contributed by atoms with Gasteiger partial charge >= 0.3 is 0 Å². The molecule has 2 heterocycles. The first-order valence-corrected chi connectivity index (χ1v) is 13.4. The van der Waals surface area contributed by atoms with E-state index in [1.165, 1.54) is 0 Å². The SMILES string of the molecule is CP(C)(=O)c1ccc2c(c1)c1ccccc1c1nc3ccc(-c4ccc(C#N)cc4)cc3n21. The number of nitriles is 1. The summed E-state index contributed by atoms with van der Waals surface area (Å²) in [4.78, 5) is 4.99. The first-order chi connectivity index (χ1) is 15.9. The van der Waals surface area contributed by atoms with Crippen LogP contribution in [0.5, 0.6) is 0 Å². The van der Waals surface area contributed by atoms with Gasteiger partial charge in [0.25, 0.3) is 0 Å². The fourth-order valence-electron chi connectivity index (χ4n) is 4.60. The van der Waals surface area contributed by atoms with Crippen molar-refractivity contribution in [2.24, 2.45) is 0 Å². The topological polar surface area (TPSA) is 58.2 Å². The molecule has 0 N–H and O–H groups in total. The molecule has 0 aliphatic rings. The van der Waals surface area contributed by atoms with Crippen LogP contribution in [0, 0.1) is 11.3 Å². The van der Waals surface area contributed by atoms with Gasteiger partial charge in [-0.15, -0.1) is 0 Å². The zero-order chi connectivity index (χ0) is 22.7. The van der Waals surface area contributed by atoms with Gasteiger partial charge in [-0.25, -0.2) is 4.98 Å². The second-order valence-corrected chi connectivity index (χ2v) is 12.0. The molecule has 0 unspecified atom stereocenters. The standard InChI is InChI=1S/C28H20N3OP/c1-33(2,32)21-12-14-26-24(16-21)22-5-3-4-6-23(22)28-30-25-13-11-20(15-27(25)31(26)28)19-9-7-18(17-29)8-10-19/h3-16H,1-2H3. The second-order valence-electron chi connectivity index (χ2n) is 8.76. The van der Waals surface area contributed by atoms with Crippen LogP contribution in [0.25, 0.3) is 49.5 Å². The van der Waals surface area contributed by atoms with Crippen molar-refractivity contribution in [1.29, 1.82) is 5.26 Å². The Balaban J connectivity index is 1.73. The number of rotatable bonds is 2. The molecule has 0 saturated carbocycles. The molecule has 5 heteroatoms. The second kappa shape index (κ2) is 7.04. The molecule has 0 aliphatic carbocycles. The molecular weight excluding hydrogens is 425 g/mol. The van der Waals surface area contributed by atoms with Crippen LogP contribution >= 0.6 is 7.14 Å². The van der Waals surface area contributed by atoms with E-state index in [4.69, 9.17) is 10.2 Å². The van der Waals surface area contributed by atoms with Crippen LogP contribution in [0.3, 0.4) is 0 Å². The zero-order valence-corrected chi connectivity index (χ0v) is 19.2. The molecule has 0 spiro atoms. The summed E-state index contributed by atoms with van der Waals surface area (Å²) >= 11 is 0. The summed E-state index contributed by atoms with van der Waals surface area (Å²) in [5.74, 6) is 0. The van der Waals surface area contributed by atoms with Crippen molar-refractivity contribution in [3.63, 3.8) is 0 Å². The number of benzene rings is 4.